The summed E-state index contributed by atoms with van der Waals surface area (Å²) in [6, 6.07) is 18.6. The van der Waals surface area contributed by atoms with Crippen LogP contribution in [0.15, 0.2) is 65.6 Å². The monoisotopic (exact) mass is 756 g/mol. The van der Waals surface area contributed by atoms with E-state index in [9.17, 15) is 17.8 Å². The van der Waals surface area contributed by atoms with Gasteiger partial charge in [-0.05, 0) is 101 Å². The molecule has 0 unspecified atom stereocenters. The lowest BCUT2D eigenvalue weighted by atomic mass is 9.97. The van der Waals surface area contributed by atoms with Gasteiger partial charge in [0.15, 0.2) is 5.75 Å². The van der Waals surface area contributed by atoms with E-state index in [-0.39, 0.29) is 14.2 Å². The minimum absolute atomic E-state index is 0.103. The fraction of sp³-hybridized carbons (Fsp3) is 0. The Kier molecular flexibility index (Phi) is 6.27. The first-order chi connectivity index (χ1) is 14.2. The summed E-state index contributed by atoms with van der Waals surface area (Å²) in [4.78, 5) is 13.1. The number of halogens is 3. The van der Waals surface area contributed by atoms with Crippen molar-refractivity contribution in [2.45, 2.75) is 4.90 Å². The molecule has 30 heavy (non-hydrogen) atoms. The Morgan fingerprint density at radius 1 is 0.833 bits per heavy atom. The second-order valence-corrected chi connectivity index (χ2v) is 11.1. The van der Waals surface area contributed by atoms with Crippen LogP contribution in [0.5, 0.6) is 5.75 Å². The Morgan fingerprint density at radius 2 is 1.37 bits per heavy atom. The fourth-order valence-corrected chi connectivity index (χ4v) is 9.15. The van der Waals surface area contributed by atoms with Crippen LogP contribution in [0.1, 0.15) is 10.4 Å². The molecule has 1 N–H and O–H groups in total. The van der Waals surface area contributed by atoms with E-state index >= 15 is 0 Å². The lowest BCUT2D eigenvalue weighted by Gasteiger charge is -2.15. The molecule has 0 saturated carbocycles. The van der Waals surface area contributed by atoms with Crippen molar-refractivity contribution in [1.82, 2.24) is 0 Å². The number of hydrogen-bond acceptors (Lipinski definition) is 4. The third-order valence-corrected chi connectivity index (χ3v) is 8.87. The topological polar surface area (TPSA) is 80.7 Å². The van der Waals surface area contributed by atoms with Gasteiger partial charge in [0.1, 0.15) is 4.90 Å². The van der Waals surface area contributed by atoms with Gasteiger partial charge < -0.3 is 4.74 Å². The molecule has 4 rings (SSSR count). The van der Waals surface area contributed by atoms with Gasteiger partial charge in [-0.1, -0.05) is 48.5 Å². The lowest BCUT2D eigenvalue weighted by Crippen LogP contribution is -2.14. The van der Waals surface area contributed by atoms with E-state index in [4.69, 9.17) is 4.74 Å². The molecular weight excluding hydrogens is 745 g/mol. The molecule has 0 fully saturated rings. The molecule has 0 bridgehead atoms. The van der Waals surface area contributed by atoms with E-state index in [2.05, 4.69) is 0 Å². The van der Waals surface area contributed by atoms with E-state index in [1.807, 2.05) is 99.8 Å². The SMILES string of the molecule is O=C(Oc1c(I)cc(I)c(S(=O)(=O)O)c1I)c1c2ccccc2cc2ccccc12. The number of ether oxygens (including phenoxy) is 1. The molecule has 0 spiro atoms. The van der Waals surface area contributed by atoms with Crippen molar-refractivity contribution in [3.8, 4) is 5.75 Å². The average molecular weight is 756 g/mol. The van der Waals surface area contributed by atoms with Gasteiger partial charge in [-0.3, -0.25) is 4.55 Å². The highest BCUT2D eigenvalue weighted by Gasteiger charge is 2.26. The number of carbonyl (C=O) groups excluding carboxylic acids is 1. The van der Waals surface area contributed by atoms with E-state index < -0.39 is 16.1 Å². The summed E-state index contributed by atoms with van der Waals surface area (Å²) in [6.07, 6.45) is 0. The maximum absolute atomic E-state index is 13.3. The van der Waals surface area contributed by atoms with E-state index in [1.165, 1.54) is 0 Å². The summed E-state index contributed by atoms with van der Waals surface area (Å²) in [5, 5.41) is 3.28. The number of fused-ring (bicyclic) bond motifs is 2. The van der Waals surface area contributed by atoms with Gasteiger partial charge >= 0.3 is 5.97 Å². The molecule has 0 heterocycles. The van der Waals surface area contributed by atoms with Gasteiger partial charge in [-0.2, -0.15) is 8.42 Å². The minimum Gasteiger partial charge on any atom is -0.421 e. The van der Waals surface area contributed by atoms with Gasteiger partial charge in [0.25, 0.3) is 10.1 Å². The van der Waals surface area contributed by atoms with Crippen molar-refractivity contribution in [3.63, 3.8) is 0 Å². The van der Waals surface area contributed by atoms with Crippen LogP contribution in [0.4, 0.5) is 0 Å². The Morgan fingerprint density at radius 3 is 1.90 bits per heavy atom. The molecule has 0 aromatic heterocycles. The van der Waals surface area contributed by atoms with Gasteiger partial charge in [0.2, 0.25) is 0 Å². The molecule has 152 valence electrons. The third-order valence-electron chi connectivity index (χ3n) is 4.51. The third kappa shape index (κ3) is 4.06. The van der Waals surface area contributed by atoms with Crippen LogP contribution in [0.3, 0.4) is 0 Å². The molecule has 0 saturated heterocycles. The summed E-state index contributed by atoms with van der Waals surface area (Å²) in [7, 11) is -4.48. The van der Waals surface area contributed by atoms with Gasteiger partial charge in [0, 0.05) is 3.57 Å². The quantitative estimate of drug-likeness (QED) is 0.0877. The fourth-order valence-electron chi connectivity index (χ4n) is 3.26. The average Bonchev–Trinajstić information content (AvgIpc) is 2.67. The van der Waals surface area contributed by atoms with Crippen LogP contribution in [0.25, 0.3) is 21.5 Å². The summed E-state index contributed by atoms with van der Waals surface area (Å²) in [5.41, 5.74) is 0.405. The van der Waals surface area contributed by atoms with Crippen LogP contribution in [-0.2, 0) is 10.1 Å². The zero-order chi connectivity index (χ0) is 21.6. The van der Waals surface area contributed by atoms with Crippen molar-refractivity contribution in [2.24, 2.45) is 0 Å². The molecule has 0 aliphatic heterocycles. The van der Waals surface area contributed by atoms with E-state index in [1.54, 1.807) is 28.7 Å². The Balaban J connectivity index is 1.93. The molecule has 9 heteroatoms. The molecule has 0 radical (unpaired) electrons. The zero-order valence-electron chi connectivity index (χ0n) is 14.9. The van der Waals surface area contributed by atoms with Crippen molar-refractivity contribution in [1.29, 1.82) is 0 Å². The summed E-state index contributed by atoms with van der Waals surface area (Å²) in [6.45, 7) is 0. The van der Waals surface area contributed by atoms with Crippen molar-refractivity contribution in [3.05, 3.63) is 76.9 Å². The normalized spacial score (nSPS) is 11.7. The highest BCUT2D eigenvalue weighted by Crippen LogP contribution is 2.37. The predicted molar refractivity (Wildman–Crippen MR) is 141 cm³/mol. The van der Waals surface area contributed by atoms with Crippen LogP contribution in [0.2, 0.25) is 0 Å². The number of rotatable bonds is 3. The summed E-state index contributed by atoms with van der Waals surface area (Å²) in [5.74, 6) is -0.493. The highest BCUT2D eigenvalue weighted by atomic mass is 127. The molecule has 5 nitrogen and oxygen atoms in total. The van der Waals surface area contributed by atoms with Crippen LogP contribution in [0, 0.1) is 10.7 Å². The van der Waals surface area contributed by atoms with E-state index in [0.29, 0.717) is 12.7 Å². The van der Waals surface area contributed by atoms with Crippen molar-refractivity contribution in [2.75, 3.05) is 0 Å². The first kappa shape index (κ1) is 22.2. The largest absolute Gasteiger partial charge is 0.421 e. The number of carbonyl (C=O) groups is 1. The van der Waals surface area contributed by atoms with Gasteiger partial charge in [-0.25, -0.2) is 4.79 Å². The number of esters is 1. The maximum atomic E-state index is 13.3. The van der Waals surface area contributed by atoms with Crippen LogP contribution < -0.4 is 4.74 Å². The van der Waals surface area contributed by atoms with Crippen molar-refractivity contribution < 1.29 is 22.5 Å². The Hall–Kier alpha value is -1.03. The van der Waals surface area contributed by atoms with Crippen LogP contribution in [-0.4, -0.2) is 18.9 Å². The molecule has 0 aliphatic carbocycles. The first-order valence-corrected chi connectivity index (χ1v) is 13.1. The smallest absolute Gasteiger partial charge is 0.344 e. The van der Waals surface area contributed by atoms with Gasteiger partial charge in [0.05, 0.1) is 12.7 Å². The van der Waals surface area contributed by atoms with Gasteiger partial charge in [-0.15, -0.1) is 0 Å². The molecule has 0 aliphatic rings. The number of benzene rings is 4. The first-order valence-electron chi connectivity index (χ1n) is 8.46. The Bertz CT molecular complexity index is 1390. The second kappa shape index (κ2) is 8.48. The standard InChI is InChI=1S/C21H11I3O5S/c22-15-10-16(23)20(30(26,27)28)18(24)19(15)29-21(25)17-13-7-3-1-5-11(13)9-12-6-2-4-8-14(12)17/h1-10H,(H,26,27,28). The maximum Gasteiger partial charge on any atom is 0.344 e. The van der Waals surface area contributed by atoms with Crippen molar-refractivity contribution >= 4 is 105 Å². The highest BCUT2D eigenvalue weighted by molar-refractivity contribution is 14.1. The summed E-state index contributed by atoms with van der Waals surface area (Å²) >= 11 is 5.59. The Labute approximate surface area is 213 Å². The van der Waals surface area contributed by atoms with Crippen LogP contribution >= 0.6 is 67.8 Å². The molecule has 4 aromatic rings. The minimum atomic E-state index is -4.48. The lowest BCUT2D eigenvalue weighted by molar-refractivity contribution is 0.0735. The molecular formula is C21H11I3O5S. The predicted octanol–water partition coefficient (Wildman–Crippen LogP) is 6.27. The summed E-state index contributed by atoms with van der Waals surface area (Å²) < 4.78 is 40.1. The molecule has 0 amide bonds. The van der Waals surface area contributed by atoms with E-state index in [0.717, 1.165) is 21.5 Å². The number of hydrogen-bond donors (Lipinski definition) is 1. The zero-order valence-corrected chi connectivity index (χ0v) is 22.2. The molecule has 4 aromatic carbocycles. The second-order valence-electron chi connectivity index (χ2n) is 6.37. The molecule has 0 atom stereocenters.